The lowest BCUT2D eigenvalue weighted by Crippen LogP contribution is -2.02. The minimum atomic E-state index is -0.365. The van der Waals surface area contributed by atoms with Gasteiger partial charge in [-0.25, -0.2) is 9.59 Å². The quantitative estimate of drug-likeness (QED) is 0.523. The first-order valence-corrected chi connectivity index (χ1v) is 7.53. The number of carbonyl (C=O) groups is 2. The van der Waals surface area contributed by atoms with E-state index in [1.165, 1.54) is 14.2 Å². The maximum absolute atomic E-state index is 12.0. The number of hydrogen-bond acceptors (Lipinski definition) is 4. The second-order valence-electron chi connectivity index (χ2n) is 5.63. The summed E-state index contributed by atoms with van der Waals surface area (Å²) in [5, 5.41) is 1.87. The van der Waals surface area contributed by atoms with Crippen molar-refractivity contribution in [3.05, 3.63) is 59.7 Å². The molecule has 4 nitrogen and oxygen atoms in total. The molecule has 3 aromatic rings. The highest BCUT2D eigenvalue weighted by atomic mass is 16.5. The smallest absolute Gasteiger partial charge is 0.338 e. The van der Waals surface area contributed by atoms with Crippen LogP contribution in [0.4, 0.5) is 0 Å². The summed E-state index contributed by atoms with van der Waals surface area (Å²) in [5.41, 5.74) is 5.13. The molecule has 0 N–H and O–H groups in total. The molecule has 4 heteroatoms. The van der Waals surface area contributed by atoms with Crippen LogP contribution in [0, 0.1) is 0 Å². The van der Waals surface area contributed by atoms with E-state index in [2.05, 4.69) is 0 Å². The Bertz CT molecular complexity index is 1020. The fourth-order valence-corrected chi connectivity index (χ4v) is 3.39. The molecule has 0 fully saturated rings. The molecular weight excluding hydrogens is 304 g/mol. The SMILES string of the molecule is COC(=O)c1ccc2c(c1)-c1ccc(C(=O)OC)c3cccc-2c13. The van der Waals surface area contributed by atoms with E-state index in [0.29, 0.717) is 11.1 Å². The Morgan fingerprint density at radius 1 is 0.750 bits per heavy atom. The van der Waals surface area contributed by atoms with Gasteiger partial charge in [-0.2, -0.15) is 0 Å². The topological polar surface area (TPSA) is 52.6 Å². The Morgan fingerprint density at radius 3 is 2.21 bits per heavy atom. The van der Waals surface area contributed by atoms with Gasteiger partial charge in [0, 0.05) is 0 Å². The molecule has 0 unspecified atom stereocenters. The van der Waals surface area contributed by atoms with Crippen molar-refractivity contribution in [1.82, 2.24) is 0 Å². The fraction of sp³-hybridized carbons (Fsp3) is 0.100. The van der Waals surface area contributed by atoms with Gasteiger partial charge in [0.2, 0.25) is 0 Å². The summed E-state index contributed by atoms with van der Waals surface area (Å²) in [6.07, 6.45) is 0. The largest absolute Gasteiger partial charge is 0.465 e. The molecule has 0 atom stereocenters. The molecule has 0 aliphatic heterocycles. The van der Waals surface area contributed by atoms with Crippen molar-refractivity contribution in [3.63, 3.8) is 0 Å². The van der Waals surface area contributed by atoms with Crippen LogP contribution in [0.3, 0.4) is 0 Å². The van der Waals surface area contributed by atoms with Crippen molar-refractivity contribution >= 4 is 22.7 Å². The van der Waals surface area contributed by atoms with Crippen molar-refractivity contribution < 1.29 is 19.1 Å². The third-order valence-corrected chi connectivity index (χ3v) is 4.47. The molecule has 0 saturated heterocycles. The van der Waals surface area contributed by atoms with Crippen molar-refractivity contribution in [3.8, 4) is 22.3 Å². The summed E-state index contributed by atoms with van der Waals surface area (Å²) in [5.74, 6) is -0.721. The van der Waals surface area contributed by atoms with E-state index in [9.17, 15) is 9.59 Å². The second-order valence-corrected chi connectivity index (χ2v) is 5.63. The maximum atomic E-state index is 12.0. The summed E-state index contributed by atoms with van der Waals surface area (Å²) in [6.45, 7) is 0. The van der Waals surface area contributed by atoms with E-state index >= 15 is 0 Å². The lowest BCUT2D eigenvalue weighted by atomic mass is 9.98. The van der Waals surface area contributed by atoms with Crippen LogP contribution in [0.25, 0.3) is 33.0 Å². The van der Waals surface area contributed by atoms with Crippen LogP contribution in [0.1, 0.15) is 20.7 Å². The van der Waals surface area contributed by atoms with Crippen LogP contribution in [-0.4, -0.2) is 26.2 Å². The number of methoxy groups -OCH3 is 2. The molecule has 0 radical (unpaired) electrons. The van der Waals surface area contributed by atoms with Gasteiger partial charge in [0.1, 0.15) is 0 Å². The normalized spacial score (nSPS) is 11.2. The molecular formula is C20H14O4. The van der Waals surface area contributed by atoms with Crippen molar-refractivity contribution in [2.24, 2.45) is 0 Å². The van der Waals surface area contributed by atoms with Crippen LogP contribution in [0.15, 0.2) is 48.5 Å². The first-order valence-electron chi connectivity index (χ1n) is 7.53. The first kappa shape index (κ1) is 14.5. The molecule has 1 aliphatic rings. The molecule has 0 heterocycles. The highest BCUT2D eigenvalue weighted by Crippen LogP contribution is 2.48. The fourth-order valence-electron chi connectivity index (χ4n) is 3.39. The average Bonchev–Trinajstić information content (AvgIpc) is 2.96. The summed E-state index contributed by atoms with van der Waals surface area (Å²) in [4.78, 5) is 23.9. The Hall–Kier alpha value is -3.14. The Morgan fingerprint density at radius 2 is 1.46 bits per heavy atom. The van der Waals surface area contributed by atoms with Gasteiger partial charge in [-0.1, -0.05) is 30.3 Å². The number of fused-ring (bicyclic) bond motifs is 3. The lowest BCUT2D eigenvalue weighted by Gasteiger charge is -2.07. The van der Waals surface area contributed by atoms with Gasteiger partial charge in [0.15, 0.2) is 0 Å². The monoisotopic (exact) mass is 318 g/mol. The number of benzene rings is 3. The second kappa shape index (κ2) is 5.20. The third-order valence-electron chi connectivity index (χ3n) is 4.47. The summed E-state index contributed by atoms with van der Waals surface area (Å²) >= 11 is 0. The molecule has 3 aromatic carbocycles. The zero-order valence-corrected chi connectivity index (χ0v) is 13.3. The van der Waals surface area contributed by atoms with Crippen molar-refractivity contribution in [1.29, 1.82) is 0 Å². The van der Waals surface area contributed by atoms with Gasteiger partial charge < -0.3 is 9.47 Å². The molecule has 24 heavy (non-hydrogen) atoms. The minimum Gasteiger partial charge on any atom is -0.465 e. The molecule has 0 spiro atoms. The number of rotatable bonds is 2. The molecule has 118 valence electrons. The summed E-state index contributed by atoms with van der Waals surface area (Å²) < 4.78 is 9.70. The van der Waals surface area contributed by atoms with E-state index in [-0.39, 0.29) is 11.9 Å². The van der Waals surface area contributed by atoms with Crippen LogP contribution in [0.2, 0.25) is 0 Å². The number of carbonyl (C=O) groups excluding carboxylic acids is 2. The Labute approximate surface area is 138 Å². The lowest BCUT2D eigenvalue weighted by molar-refractivity contribution is 0.0593. The minimum absolute atomic E-state index is 0.357. The molecule has 0 saturated carbocycles. The van der Waals surface area contributed by atoms with Gasteiger partial charge in [-0.3, -0.25) is 0 Å². The predicted octanol–water partition coefficient (Wildman–Crippen LogP) is 4.06. The first-order chi connectivity index (χ1) is 11.7. The maximum Gasteiger partial charge on any atom is 0.338 e. The van der Waals surface area contributed by atoms with Crippen LogP contribution >= 0.6 is 0 Å². The summed E-state index contributed by atoms with van der Waals surface area (Å²) in [6, 6.07) is 15.1. The zero-order chi connectivity index (χ0) is 16.8. The van der Waals surface area contributed by atoms with E-state index in [0.717, 1.165) is 33.0 Å². The molecule has 0 amide bonds. The van der Waals surface area contributed by atoms with Crippen molar-refractivity contribution in [2.45, 2.75) is 0 Å². The van der Waals surface area contributed by atoms with E-state index in [1.807, 2.05) is 36.4 Å². The van der Waals surface area contributed by atoms with E-state index < -0.39 is 0 Å². The standard InChI is InChI=1S/C20H14O4/c1-23-19(21)11-6-7-12-13-4-3-5-14-16(20(22)24-2)9-8-15(18(13)14)17(12)10-11/h3-10H,1-2H3. The van der Waals surface area contributed by atoms with Gasteiger partial charge in [0.05, 0.1) is 25.3 Å². The predicted molar refractivity (Wildman–Crippen MR) is 91.1 cm³/mol. The number of esters is 2. The van der Waals surface area contributed by atoms with E-state index in [1.54, 1.807) is 12.1 Å². The molecule has 0 aromatic heterocycles. The van der Waals surface area contributed by atoms with Crippen LogP contribution in [-0.2, 0) is 9.47 Å². The van der Waals surface area contributed by atoms with Gasteiger partial charge >= 0.3 is 11.9 Å². The average molecular weight is 318 g/mol. The third kappa shape index (κ3) is 1.86. The van der Waals surface area contributed by atoms with Gasteiger partial charge in [-0.15, -0.1) is 0 Å². The van der Waals surface area contributed by atoms with Crippen LogP contribution in [0.5, 0.6) is 0 Å². The highest BCUT2D eigenvalue weighted by Gasteiger charge is 2.25. The summed E-state index contributed by atoms with van der Waals surface area (Å²) in [7, 11) is 2.75. The van der Waals surface area contributed by atoms with Crippen molar-refractivity contribution in [2.75, 3.05) is 14.2 Å². The van der Waals surface area contributed by atoms with Gasteiger partial charge in [-0.05, 0) is 51.2 Å². The number of ether oxygens (including phenoxy) is 2. The number of hydrogen-bond donors (Lipinski definition) is 0. The van der Waals surface area contributed by atoms with Crippen LogP contribution < -0.4 is 0 Å². The van der Waals surface area contributed by atoms with E-state index in [4.69, 9.17) is 9.47 Å². The van der Waals surface area contributed by atoms with Gasteiger partial charge in [0.25, 0.3) is 0 Å². The molecule has 0 bridgehead atoms. The zero-order valence-electron chi connectivity index (χ0n) is 13.3. The Balaban J connectivity index is 2.02. The molecule has 4 rings (SSSR count). The molecule has 1 aliphatic carbocycles. The Kier molecular flexibility index (Phi) is 3.13. The highest BCUT2D eigenvalue weighted by molar-refractivity contribution is 6.20.